The highest BCUT2D eigenvalue weighted by Gasteiger charge is 2.34. The number of thiophene rings is 1. The molecule has 1 aliphatic carbocycles. The molecule has 0 aliphatic heterocycles. The van der Waals surface area contributed by atoms with Crippen LogP contribution in [0.1, 0.15) is 37.1 Å². The smallest absolute Gasteiger partial charge is 0.306 e. The molecular weight excluding hydrogens is 250 g/mol. The zero-order valence-electron chi connectivity index (χ0n) is 10.3. The van der Waals surface area contributed by atoms with Gasteiger partial charge in [0.2, 0.25) is 5.91 Å². The molecule has 4 nitrogen and oxygen atoms in total. The molecule has 2 rings (SSSR count). The molecule has 3 atom stereocenters. The Morgan fingerprint density at radius 1 is 1.44 bits per heavy atom. The van der Waals surface area contributed by atoms with Crippen LogP contribution in [0.5, 0.6) is 0 Å². The minimum Gasteiger partial charge on any atom is -0.481 e. The first-order chi connectivity index (χ1) is 8.58. The number of carbonyl (C=O) groups excluding carboxylic acids is 1. The molecule has 0 saturated heterocycles. The molecule has 5 heteroatoms. The van der Waals surface area contributed by atoms with E-state index in [1.807, 2.05) is 24.4 Å². The van der Waals surface area contributed by atoms with Crippen LogP contribution < -0.4 is 5.32 Å². The van der Waals surface area contributed by atoms with Gasteiger partial charge in [-0.1, -0.05) is 6.07 Å². The van der Waals surface area contributed by atoms with Gasteiger partial charge >= 0.3 is 5.97 Å². The van der Waals surface area contributed by atoms with Gasteiger partial charge in [-0.25, -0.2) is 0 Å². The molecule has 2 unspecified atom stereocenters. The lowest BCUT2D eigenvalue weighted by Gasteiger charge is -2.15. The zero-order valence-corrected chi connectivity index (χ0v) is 11.1. The van der Waals surface area contributed by atoms with Gasteiger partial charge in [-0.2, -0.15) is 0 Å². The number of hydrogen-bond donors (Lipinski definition) is 2. The van der Waals surface area contributed by atoms with Crippen molar-refractivity contribution < 1.29 is 14.7 Å². The van der Waals surface area contributed by atoms with Crippen LogP contribution in [0.4, 0.5) is 0 Å². The van der Waals surface area contributed by atoms with Crippen LogP contribution in [0.25, 0.3) is 0 Å². The van der Waals surface area contributed by atoms with E-state index < -0.39 is 5.97 Å². The summed E-state index contributed by atoms with van der Waals surface area (Å²) in [4.78, 5) is 24.0. The van der Waals surface area contributed by atoms with E-state index in [1.165, 1.54) is 0 Å². The number of carbonyl (C=O) groups is 2. The molecule has 2 N–H and O–H groups in total. The summed E-state index contributed by atoms with van der Waals surface area (Å²) in [5.41, 5.74) is 0. The van der Waals surface area contributed by atoms with E-state index in [0.717, 1.165) is 4.88 Å². The first kappa shape index (κ1) is 13.1. The molecular formula is C13H17NO3S. The van der Waals surface area contributed by atoms with Crippen molar-refractivity contribution in [2.24, 2.45) is 11.8 Å². The molecule has 18 heavy (non-hydrogen) atoms. The third-order valence-corrected chi connectivity index (χ3v) is 4.54. The number of hydrogen-bond acceptors (Lipinski definition) is 3. The van der Waals surface area contributed by atoms with Gasteiger partial charge in [0, 0.05) is 10.8 Å². The van der Waals surface area contributed by atoms with Gasteiger partial charge in [-0.15, -0.1) is 11.3 Å². The fourth-order valence-electron chi connectivity index (χ4n) is 2.38. The largest absolute Gasteiger partial charge is 0.481 e. The van der Waals surface area contributed by atoms with E-state index in [2.05, 4.69) is 5.32 Å². The van der Waals surface area contributed by atoms with Gasteiger partial charge in [0.1, 0.15) is 0 Å². The Hall–Kier alpha value is -1.36. The van der Waals surface area contributed by atoms with Crippen LogP contribution in [0.2, 0.25) is 0 Å². The summed E-state index contributed by atoms with van der Waals surface area (Å²) in [6.45, 7) is 1.95. The molecule has 0 radical (unpaired) electrons. The lowest BCUT2D eigenvalue weighted by molar-refractivity contribution is -0.141. The standard InChI is InChI=1S/C13H17NO3S/c1-8(11-3-2-6-18-11)14-12(15)9-4-5-10(7-9)13(16)17/h2-3,6,8-10H,4-5,7H2,1H3,(H,14,15)(H,16,17)/t8-,9?,10?/m0/s1. The Morgan fingerprint density at radius 3 is 2.72 bits per heavy atom. The summed E-state index contributed by atoms with van der Waals surface area (Å²) in [6.07, 6.45) is 1.76. The Labute approximate surface area is 110 Å². The fraction of sp³-hybridized carbons (Fsp3) is 0.538. The van der Waals surface area contributed by atoms with Crippen LogP contribution in [0.15, 0.2) is 17.5 Å². The number of rotatable bonds is 4. The van der Waals surface area contributed by atoms with E-state index in [-0.39, 0.29) is 23.8 Å². The monoisotopic (exact) mass is 267 g/mol. The molecule has 1 aromatic rings. The second kappa shape index (κ2) is 5.52. The minimum atomic E-state index is -0.781. The number of nitrogens with one attached hydrogen (secondary N) is 1. The number of aliphatic carboxylic acids is 1. The molecule has 0 spiro atoms. The maximum absolute atomic E-state index is 12.0. The molecule has 1 amide bonds. The summed E-state index contributed by atoms with van der Waals surface area (Å²) < 4.78 is 0. The third kappa shape index (κ3) is 2.90. The van der Waals surface area contributed by atoms with Gasteiger partial charge in [0.05, 0.1) is 12.0 Å². The third-order valence-electron chi connectivity index (χ3n) is 3.48. The molecule has 1 aliphatic rings. The van der Waals surface area contributed by atoms with Crippen molar-refractivity contribution in [1.29, 1.82) is 0 Å². The van der Waals surface area contributed by atoms with Gasteiger partial charge in [-0.05, 0) is 37.6 Å². The van der Waals surface area contributed by atoms with E-state index in [4.69, 9.17) is 5.11 Å². The SMILES string of the molecule is C[C@H](NC(=O)C1CCC(C(=O)O)C1)c1cccs1. The molecule has 98 valence electrons. The maximum Gasteiger partial charge on any atom is 0.306 e. The van der Waals surface area contributed by atoms with Crippen LogP contribution in [0.3, 0.4) is 0 Å². The lowest BCUT2D eigenvalue weighted by Crippen LogP contribution is -2.31. The highest BCUT2D eigenvalue weighted by molar-refractivity contribution is 7.10. The van der Waals surface area contributed by atoms with E-state index >= 15 is 0 Å². The summed E-state index contributed by atoms with van der Waals surface area (Å²) in [5.74, 6) is -1.29. The Balaban J connectivity index is 1.87. The van der Waals surface area contributed by atoms with E-state index in [0.29, 0.717) is 19.3 Å². The normalized spacial score (nSPS) is 24.7. The topological polar surface area (TPSA) is 66.4 Å². The van der Waals surface area contributed by atoms with Crippen molar-refractivity contribution in [2.75, 3.05) is 0 Å². The molecule has 1 heterocycles. The number of amides is 1. The number of carboxylic acids is 1. The van der Waals surface area contributed by atoms with Crippen molar-refractivity contribution in [1.82, 2.24) is 5.32 Å². The predicted octanol–water partition coefficient (Wildman–Crippen LogP) is 2.43. The summed E-state index contributed by atoms with van der Waals surface area (Å²) in [7, 11) is 0. The zero-order chi connectivity index (χ0) is 13.1. The molecule has 1 saturated carbocycles. The highest BCUT2D eigenvalue weighted by Crippen LogP contribution is 2.31. The Kier molecular flexibility index (Phi) is 4.01. The lowest BCUT2D eigenvalue weighted by atomic mass is 10.0. The van der Waals surface area contributed by atoms with Crippen LogP contribution >= 0.6 is 11.3 Å². The molecule has 1 fully saturated rings. The van der Waals surface area contributed by atoms with Gasteiger partial charge in [0.15, 0.2) is 0 Å². The van der Waals surface area contributed by atoms with Crippen molar-refractivity contribution in [2.45, 2.75) is 32.2 Å². The second-order valence-electron chi connectivity index (χ2n) is 4.79. The molecule has 1 aromatic heterocycles. The van der Waals surface area contributed by atoms with E-state index in [1.54, 1.807) is 11.3 Å². The predicted molar refractivity (Wildman–Crippen MR) is 69.3 cm³/mol. The first-order valence-corrected chi connectivity index (χ1v) is 7.02. The number of carboxylic acid groups (broad SMARTS) is 1. The molecule has 0 aromatic carbocycles. The van der Waals surface area contributed by atoms with E-state index in [9.17, 15) is 9.59 Å². The second-order valence-corrected chi connectivity index (χ2v) is 5.77. The summed E-state index contributed by atoms with van der Waals surface area (Å²) in [5, 5.41) is 13.9. The quantitative estimate of drug-likeness (QED) is 0.880. The average Bonchev–Trinajstić information content (AvgIpc) is 3.00. The highest BCUT2D eigenvalue weighted by atomic mass is 32.1. The Bertz CT molecular complexity index is 429. The van der Waals surface area contributed by atoms with Gasteiger partial charge in [0.25, 0.3) is 0 Å². The van der Waals surface area contributed by atoms with Crippen LogP contribution in [-0.2, 0) is 9.59 Å². The van der Waals surface area contributed by atoms with Crippen molar-refractivity contribution in [3.63, 3.8) is 0 Å². The summed E-state index contributed by atoms with van der Waals surface area (Å²) in [6, 6.07) is 3.95. The van der Waals surface area contributed by atoms with Crippen molar-refractivity contribution in [3.05, 3.63) is 22.4 Å². The fourth-order valence-corrected chi connectivity index (χ4v) is 3.12. The summed E-state index contributed by atoms with van der Waals surface area (Å²) >= 11 is 1.61. The molecule has 0 bridgehead atoms. The van der Waals surface area contributed by atoms with Crippen LogP contribution in [-0.4, -0.2) is 17.0 Å². The van der Waals surface area contributed by atoms with Crippen molar-refractivity contribution >= 4 is 23.2 Å². The minimum absolute atomic E-state index is 0.00128. The van der Waals surface area contributed by atoms with Crippen LogP contribution in [0, 0.1) is 11.8 Å². The average molecular weight is 267 g/mol. The first-order valence-electron chi connectivity index (χ1n) is 6.14. The van der Waals surface area contributed by atoms with Crippen molar-refractivity contribution in [3.8, 4) is 0 Å². The van der Waals surface area contributed by atoms with Gasteiger partial charge in [-0.3, -0.25) is 9.59 Å². The van der Waals surface area contributed by atoms with Gasteiger partial charge < -0.3 is 10.4 Å². The maximum atomic E-state index is 12.0. The Morgan fingerprint density at radius 2 is 2.17 bits per heavy atom.